The van der Waals surface area contributed by atoms with Gasteiger partial charge >= 0.3 is 0 Å². The van der Waals surface area contributed by atoms with Gasteiger partial charge < -0.3 is 4.43 Å². The summed E-state index contributed by atoms with van der Waals surface area (Å²) >= 11 is 0. The molecule has 1 nitrogen and oxygen atoms in total. The van der Waals surface area contributed by atoms with Crippen LogP contribution in [0, 0.1) is 0 Å². The Morgan fingerprint density at radius 3 is 1.89 bits per heavy atom. The highest BCUT2D eigenvalue weighted by Crippen LogP contribution is 2.47. The van der Waals surface area contributed by atoms with Gasteiger partial charge in [0, 0.05) is 5.30 Å². The minimum atomic E-state index is -1.53. The molecule has 0 N–H and O–H groups in total. The molecule has 1 aromatic rings. The smallest absolute Gasteiger partial charge is 0.242 e. The lowest BCUT2D eigenvalue weighted by Crippen LogP contribution is -2.32. The lowest BCUT2D eigenvalue weighted by atomic mass is 10.3. The van der Waals surface area contributed by atoms with Crippen LogP contribution in [0.1, 0.15) is 27.7 Å². The third kappa shape index (κ3) is 4.40. The summed E-state index contributed by atoms with van der Waals surface area (Å²) in [7, 11) is -1.68. The molecule has 0 aromatic heterocycles. The topological polar surface area (TPSA) is 9.23 Å². The molecule has 3 heteroatoms. The van der Waals surface area contributed by atoms with Crippen LogP contribution in [0.2, 0.25) is 19.6 Å². The highest BCUT2D eigenvalue weighted by atomic mass is 31.1. The standard InChI is InChI=1S/C15H27OPSi/c1-12(2)17(13(3)4)15-11-9-8-10-14(15)16-18(5,6)7/h8-13H,1-7H3. The number of hydrogen-bond acceptors (Lipinski definition) is 1. The van der Waals surface area contributed by atoms with Gasteiger partial charge in [-0.1, -0.05) is 53.8 Å². The average molecular weight is 282 g/mol. The van der Waals surface area contributed by atoms with Crippen LogP contribution in [0.3, 0.4) is 0 Å². The summed E-state index contributed by atoms with van der Waals surface area (Å²) in [6, 6.07) is 8.65. The molecule has 0 saturated heterocycles. The zero-order valence-electron chi connectivity index (χ0n) is 12.8. The van der Waals surface area contributed by atoms with Crippen molar-refractivity contribution in [3.8, 4) is 5.75 Å². The molecule has 0 atom stereocenters. The van der Waals surface area contributed by atoms with Crippen LogP contribution in [0.4, 0.5) is 0 Å². The Morgan fingerprint density at radius 2 is 1.44 bits per heavy atom. The molecule has 0 spiro atoms. The Morgan fingerprint density at radius 1 is 0.944 bits per heavy atom. The molecule has 0 fully saturated rings. The van der Waals surface area contributed by atoms with Gasteiger partial charge in [-0.15, -0.1) is 0 Å². The Kier molecular flexibility index (Phi) is 5.42. The molecule has 18 heavy (non-hydrogen) atoms. The van der Waals surface area contributed by atoms with Crippen molar-refractivity contribution in [2.45, 2.75) is 58.7 Å². The van der Waals surface area contributed by atoms with Crippen molar-refractivity contribution in [2.75, 3.05) is 0 Å². The average Bonchev–Trinajstić information content (AvgIpc) is 2.17. The van der Waals surface area contributed by atoms with E-state index >= 15 is 0 Å². The highest BCUT2D eigenvalue weighted by Gasteiger charge is 2.25. The molecule has 0 saturated carbocycles. The van der Waals surface area contributed by atoms with Gasteiger partial charge in [0.2, 0.25) is 8.32 Å². The van der Waals surface area contributed by atoms with E-state index in [9.17, 15) is 0 Å². The second-order valence-corrected chi connectivity index (χ2v) is 14.1. The normalized spacial score (nSPS) is 12.6. The number of rotatable bonds is 5. The largest absolute Gasteiger partial charge is 0.544 e. The first-order chi connectivity index (χ1) is 8.22. The Hall–Kier alpha value is -0.333. The minimum Gasteiger partial charge on any atom is -0.544 e. The molecule has 0 aliphatic rings. The van der Waals surface area contributed by atoms with Gasteiger partial charge in [-0.05, 0) is 37.0 Å². The fraction of sp³-hybridized carbons (Fsp3) is 0.600. The number of para-hydroxylation sites is 1. The van der Waals surface area contributed by atoms with Gasteiger partial charge in [-0.25, -0.2) is 0 Å². The zero-order chi connectivity index (χ0) is 13.9. The van der Waals surface area contributed by atoms with Gasteiger partial charge in [0.25, 0.3) is 0 Å². The molecule has 102 valence electrons. The lowest BCUT2D eigenvalue weighted by Gasteiger charge is -2.30. The summed E-state index contributed by atoms with van der Waals surface area (Å²) in [6.07, 6.45) is 0. The number of benzene rings is 1. The third-order valence-corrected chi connectivity index (χ3v) is 6.66. The van der Waals surface area contributed by atoms with E-state index in [2.05, 4.69) is 71.6 Å². The van der Waals surface area contributed by atoms with Crippen LogP contribution in [0.15, 0.2) is 24.3 Å². The molecule has 0 bridgehead atoms. The monoisotopic (exact) mass is 282 g/mol. The minimum absolute atomic E-state index is 0.150. The van der Waals surface area contributed by atoms with E-state index in [0.717, 1.165) is 5.75 Å². The quantitative estimate of drug-likeness (QED) is 0.555. The second-order valence-electron chi connectivity index (χ2n) is 6.28. The predicted octanol–water partition coefficient (Wildman–Crippen LogP) is 4.82. The summed E-state index contributed by atoms with van der Waals surface area (Å²) in [4.78, 5) is 0. The lowest BCUT2D eigenvalue weighted by molar-refractivity contribution is 0.562. The first kappa shape index (κ1) is 15.7. The maximum absolute atomic E-state index is 6.27. The fourth-order valence-electron chi connectivity index (χ4n) is 2.24. The summed E-state index contributed by atoms with van der Waals surface area (Å²) in [5.41, 5.74) is 1.40. The Balaban J connectivity index is 3.14. The molecule has 0 radical (unpaired) electrons. The van der Waals surface area contributed by atoms with Crippen molar-refractivity contribution in [1.82, 2.24) is 0 Å². The van der Waals surface area contributed by atoms with E-state index in [1.165, 1.54) is 5.30 Å². The van der Waals surface area contributed by atoms with E-state index < -0.39 is 8.32 Å². The first-order valence-corrected chi connectivity index (χ1v) is 11.7. The molecule has 1 rings (SSSR count). The van der Waals surface area contributed by atoms with Crippen LogP contribution in [-0.2, 0) is 0 Å². The SMILES string of the molecule is CC(C)P(c1ccccc1O[Si](C)(C)C)C(C)C. The molecular formula is C15H27OPSi. The predicted molar refractivity (Wildman–Crippen MR) is 87.2 cm³/mol. The third-order valence-electron chi connectivity index (χ3n) is 2.67. The maximum Gasteiger partial charge on any atom is 0.242 e. The Bertz CT molecular complexity index is 374. The molecule has 1 aromatic carbocycles. The van der Waals surface area contributed by atoms with E-state index in [0.29, 0.717) is 11.3 Å². The summed E-state index contributed by atoms with van der Waals surface area (Å²) < 4.78 is 6.27. The van der Waals surface area contributed by atoms with Gasteiger partial charge in [0.15, 0.2) is 0 Å². The molecule has 0 aliphatic carbocycles. The van der Waals surface area contributed by atoms with Gasteiger partial charge in [0.1, 0.15) is 5.75 Å². The highest BCUT2D eigenvalue weighted by molar-refractivity contribution is 7.67. The van der Waals surface area contributed by atoms with Crippen LogP contribution in [0.25, 0.3) is 0 Å². The summed E-state index contributed by atoms with van der Waals surface area (Å²) in [5.74, 6) is 1.13. The Labute approximate surface area is 115 Å². The van der Waals surface area contributed by atoms with Gasteiger partial charge in [-0.2, -0.15) is 0 Å². The van der Waals surface area contributed by atoms with Crippen molar-refractivity contribution < 1.29 is 4.43 Å². The van der Waals surface area contributed by atoms with Crippen LogP contribution in [-0.4, -0.2) is 19.6 Å². The van der Waals surface area contributed by atoms with Crippen molar-refractivity contribution in [3.05, 3.63) is 24.3 Å². The van der Waals surface area contributed by atoms with Crippen molar-refractivity contribution in [3.63, 3.8) is 0 Å². The van der Waals surface area contributed by atoms with Crippen molar-refractivity contribution in [1.29, 1.82) is 0 Å². The van der Waals surface area contributed by atoms with E-state index in [1.807, 2.05) is 0 Å². The molecule has 0 amide bonds. The summed E-state index contributed by atoms with van der Waals surface area (Å²) in [6.45, 7) is 16.1. The van der Waals surface area contributed by atoms with Crippen molar-refractivity contribution in [2.24, 2.45) is 0 Å². The van der Waals surface area contributed by atoms with Crippen LogP contribution >= 0.6 is 7.92 Å². The number of hydrogen-bond donors (Lipinski definition) is 0. The molecular weight excluding hydrogens is 255 g/mol. The summed E-state index contributed by atoms with van der Waals surface area (Å²) in [5, 5.41) is 1.44. The van der Waals surface area contributed by atoms with Crippen LogP contribution in [0.5, 0.6) is 5.75 Å². The maximum atomic E-state index is 6.27. The van der Waals surface area contributed by atoms with Gasteiger partial charge in [0.05, 0.1) is 0 Å². The second kappa shape index (κ2) is 6.21. The molecule has 0 unspecified atom stereocenters. The van der Waals surface area contributed by atoms with E-state index in [-0.39, 0.29) is 7.92 Å². The van der Waals surface area contributed by atoms with E-state index in [1.54, 1.807) is 0 Å². The van der Waals surface area contributed by atoms with E-state index in [4.69, 9.17) is 4.43 Å². The van der Waals surface area contributed by atoms with Gasteiger partial charge in [-0.3, -0.25) is 0 Å². The van der Waals surface area contributed by atoms with Crippen LogP contribution < -0.4 is 9.73 Å². The fourth-order valence-corrected chi connectivity index (χ4v) is 6.10. The molecule has 0 aliphatic heterocycles. The molecule has 0 heterocycles. The first-order valence-electron chi connectivity index (χ1n) is 6.79. The zero-order valence-corrected chi connectivity index (χ0v) is 14.7. The van der Waals surface area contributed by atoms with Crippen molar-refractivity contribution >= 4 is 21.5 Å².